The molecule has 2 N–H and O–H groups in total. The molecule has 0 aliphatic heterocycles. The summed E-state index contributed by atoms with van der Waals surface area (Å²) >= 11 is 0. The van der Waals surface area contributed by atoms with Gasteiger partial charge < -0.3 is 10.6 Å². The SMILES string of the molecule is CNC(C)CNC(=O)c1ccc(C)cc1F. The highest BCUT2D eigenvalue weighted by Crippen LogP contribution is 2.09. The van der Waals surface area contributed by atoms with Crippen molar-refractivity contribution in [3.63, 3.8) is 0 Å². The van der Waals surface area contributed by atoms with Crippen molar-refractivity contribution in [1.82, 2.24) is 10.6 Å². The Hall–Kier alpha value is -1.42. The summed E-state index contributed by atoms with van der Waals surface area (Å²) in [5, 5.41) is 5.66. The number of carbonyl (C=O) groups is 1. The number of nitrogens with one attached hydrogen (secondary N) is 2. The average Bonchev–Trinajstić information content (AvgIpc) is 2.25. The van der Waals surface area contributed by atoms with Crippen LogP contribution in [-0.4, -0.2) is 25.5 Å². The number of benzene rings is 1. The predicted molar refractivity (Wildman–Crippen MR) is 62.0 cm³/mol. The van der Waals surface area contributed by atoms with E-state index in [-0.39, 0.29) is 17.5 Å². The molecule has 0 fully saturated rings. The third kappa shape index (κ3) is 3.31. The Morgan fingerprint density at radius 1 is 1.50 bits per heavy atom. The van der Waals surface area contributed by atoms with Gasteiger partial charge in [-0.15, -0.1) is 0 Å². The van der Waals surface area contributed by atoms with E-state index in [4.69, 9.17) is 0 Å². The molecule has 4 heteroatoms. The first-order valence-corrected chi connectivity index (χ1v) is 5.26. The molecular formula is C12H17FN2O. The highest BCUT2D eigenvalue weighted by molar-refractivity contribution is 5.94. The van der Waals surface area contributed by atoms with E-state index in [1.165, 1.54) is 12.1 Å². The predicted octanol–water partition coefficient (Wildman–Crippen LogP) is 1.47. The summed E-state index contributed by atoms with van der Waals surface area (Å²) in [5.41, 5.74) is 0.895. The molecule has 1 amide bonds. The largest absolute Gasteiger partial charge is 0.350 e. The van der Waals surface area contributed by atoms with Crippen molar-refractivity contribution in [3.05, 3.63) is 35.1 Å². The van der Waals surface area contributed by atoms with Gasteiger partial charge in [-0.3, -0.25) is 4.79 Å². The van der Waals surface area contributed by atoms with Gasteiger partial charge in [0.05, 0.1) is 5.56 Å². The van der Waals surface area contributed by atoms with Crippen LogP contribution >= 0.6 is 0 Å². The molecule has 1 aromatic carbocycles. The molecule has 1 unspecified atom stereocenters. The Kier molecular flexibility index (Phi) is 4.43. The molecule has 1 rings (SSSR count). The molecule has 0 saturated heterocycles. The summed E-state index contributed by atoms with van der Waals surface area (Å²) in [4.78, 5) is 11.6. The van der Waals surface area contributed by atoms with Crippen LogP contribution in [0, 0.1) is 12.7 Å². The lowest BCUT2D eigenvalue weighted by Gasteiger charge is -2.11. The number of hydrogen-bond acceptors (Lipinski definition) is 2. The smallest absolute Gasteiger partial charge is 0.254 e. The van der Waals surface area contributed by atoms with E-state index in [9.17, 15) is 9.18 Å². The molecule has 0 spiro atoms. The van der Waals surface area contributed by atoms with Crippen LogP contribution in [-0.2, 0) is 0 Å². The minimum absolute atomic E-state index is 0.0916. The number of hydrogen-bond donors (Lipinski definition) is 2. The number of likely N-dealkylation sites (N-methyl/N-ethyl adjacent to an activating group) is 1. The first kappa shape index (κ1) is 12.6. The lowest BCUT2D eigenvalue weighted by atomic mass is 10.1. The first-order valence-electron chi connectivity index (χ1n) is 5.26. The van der Waals surface area contributed by atoms with E-state index in [1.54, 1.807) is 13.0 Å². The zero-order valence-corrected chi connectivity index (χ0v) is 9.80. The standard InChI is InChI=1S/C12H17FN2O/c1-8-4-5-10(11(13)6-8)12(16)15-7-9(2)14-3/h4-6,9,14H,7H2,1-3H3,(H,15,16). The van der Waals surface area contributed by atoms with Crippen LogP contribution in [0.2, 0.25) is 0 Å². The van der Waals surface area contributed by atoms with Gasteiger partial charge in [-0.2, -0.15) is 0 Å². The molecule has 0 saturated carbocycles. The summed E-state index contributed by atoms with van der Waals surface area (Å²) in [6, 6.07) is 4.75. The molecule has 3 nitrogen and oxygen atoms in total. The van der Waals surface area contributed by atoms with Crippen LogP contribution in [0.1, 0.15) is 22.8 Å². The summed E-state index contributed by atoms with van der Waals surface area (Å²) in [5.74, 6) is -0.853. The van der Waals surface area contributed by atoms with Crippen molar-refractivity contribution in [2.75, 3.05) is 13.6 Å². The van der Waals surface area contributed by atoms with Gasteiger partial charge in [0.2, 0.25) is 0 Å². The Balaban J connectivity index is 2.66. The second-order valence-electron chi connectivity index (χ2n) is 3.88. The molecule has 16 heavy (non-hydrogen) atoms. The Morgan fingerprint density at radius 3 is 2.75 bits per heavy atom. The molecule has 0 aliphatic carbocycles. The number of carbonyl (C=O) groups excluding carboxylic acids is 1. The summed E-state index contributed by atoms with van der Waals surface area (Å²) in [6.07, 6.45) is 0. The topological polar surface area (TPSA) is 41.1 Å². The van der Waals surface area contributed by atoms with Crippen LogP contribution in [0.5, 0.6) is 0 Å². The second-order valence-corrected chi connectivity index (χ2v) is 3.88. The van der Waals surface area contributed by atoms with Gasteiger partial charge in [0, 0.05) is 12.6 Å². The maximum Gasteiger partial charge on any atom is 0.254 e. The Bertz CT molecular complexity index is 379. The van der Waals surface area contributed by atoms with Crippen molar-refractivity contribution >= 4 is 5.91 Å². The summed E-state index contributed by atoms with van der Waals surface area (Å²) in [7, 11) is 1.81. The summed E-state index contributed by atoms with van der Waals surface area (Å²) in [6.45, 7) is 4.20. The molecule has 0 bridgehead atoms. The van der Waals surface area contributed by atoms with E-state index in [0.29, 0.717) is 6.54 Å². The van der Waals surface area contributed by atoms with E-state index in [2.05, 4.69) is 10.6 Å². The van der Waals surface area contributed by atoms with Crippen molar-refractivity contribution in [2.24, 2.45) is 0 Å². The quantitative estimate of drug-likeness (QED) is 0.813. The lowest BCUT2D eigenvalue weighted by Crippen LogP contribution is -2.37. The van der Waals surface area contributed by atoms with Gasteiger partial charge in [-0.05, 0) is 38.6 Å². The van der Waals surface area contributed by atoms with Crippen LogP contribution < -0.4 is 10.6 Å². The fraction of sp³-hybridized carbons (Fsp3) is 0.417. The average molecular weight is 224 g/mol. The maximum atomic E-state index is 13.4. The molecular weight excluding hydrogens is 207 g/mol. The highest BCUT2D eigenvalue weighted by atomic mass is 19.1. The molecule has 0 heterocycles. The number of rotatable bonds is 4. The monoisotopic (exact) mass is 224 g/mol. The number of halogens is 1. The third-order valence-electron chi connectivity index (χ3n) is 2.43. The van der Waals surface area contributed by atoms with E-state index in [1.807, 2.05) is 14.0 Å². The maximum absolute atomic E-state index is 13.4. The Labute approximate surface area is 95.0 Å². The molecule has 1 aromatic rings. The van der Waals surface area contributed by atoms with Gasteiger partial charge in [0.15, 0.2) is 0 Å². The zero-order valence-electron chi connectivity index (χ0n) is 9.80. The van der Waals surface area contributed by atoms with Gasteiger partial charge in [-0.1, -0.05) is 6.07 Å². The van der Waals surface area contributed by atoms with E-state index < -0.39 is 5.82 Å². The van der Waals surface area contributed by atoms with E-state index in [0.717, 1.165) is 5.56 Å². The normalized spacial score (nSPS) is 12.2. The van der Waals surface area contributed by atoms with Gasteiger partial charge in [0.25, 0.3) is 5.91 Å². The minimum atomic E-state index is -0.477. The van der Waals surface area contributed by atoms with Crippen LogP contribution in [0.15, 0.2) is 18.2 Å². The zero-order chi connectivity index (χ0) is 12.1. The fourth-order valence-corrected chi connectivity index (χ4v) is 1.25. The number of amides is 1. The second kappa shape index (κ2) is 5.61. The Morgan fingerprint density at radius 2 is 2.19 bits per heavy atom. The minimum Gasteiger partial charge on any atom is -0.350 e. The fourth-order valence-electron chi connectivity index (χ4n) is 1.25. The number of aryl methyl sites for hydroxylation is 1. The van der Waals surface area contributed by atoms with Crippen molar-refractivity contribution in [2.45, 2.75) is 19.9 Å². The summed E-state index contributed by atoms with van der Waals surface area (Å²) < 4.78 is 13.4. The molecule has 88 valence electrons. The van der Waals surface area contributed by atoms with E-state index >= 15 is 0 Å². The molecule has 1 atom stereocenters. The molecule has 0 aliphatic rings. The van der Waals surface area contributed by atoms with Gasteiger partial charge >= 0.3 is 0 Å². The van der Waals surface area contributed by atoms with Crippen molar-refractivity contribution in [3.8, 4) is 0 Å². The van der Waals surface area contributed by atoms with Gasteiger partial charge in [0.1, 0.15) is 5.82 Å². The van der Waals surface area contributed by atoms with Crippen molar-refractivity contribution in [1.29, 1.82) is 0 Å². The highest BCUT2D eigenvalue weighted by Gasteiger charge is 2.11. The first-order chi connectivity index (χ1) is 7.54. The molecule has 0 radical (unpaired) electrons. The molecule has 0 aromatic heterocycles. The van der Waals surface area contributed by atoms with Crippen LogP contribution in [0.25, 0.3) is 0 Å². The lowest BCUT2D eigenvalue weighted by molar-refractivity contribution is 0.0946. The van der Waals surface area contributed by atoms with Crippen LogP contribution in [0.3, 0.4) is 0 Å². The van der Waals surface area contributed by atoms with Crippen LogP contribution in [0.4, 0.5) is 4.39 Å². The van der Waals surface area contributed by atoms with Crippen molar-refractivity contribution < 1.29 is 9.18 Å². The van der Waals surface area contributed by atoms with Gasteiger partial charge in [-0.25, -0.2) is 4.39 Å². The third-order valence-corrected chi connectivity index (χ3v) is 2.43.